The van der Waals surface area contributed by atoms with Gasteiger partial charge in [0.2, 0.25) is 11.9 Å². The number of nitrogens with two attached hydrogens (primary N) is 1. The van der Waals surface area contributed by atoms with Crippen LogP contribution in [0.15, 0.2) is 30.5 Å². The molecule has 1 aromatic carbocycles. The summed E-state index contributed by atoms with van der Waals surface area (Å²) < 4.78 is 1.85. The van der Waals surface area contributed by atoms with Crippen LogP contribution in [-0.2, 0) is 4.79 Å². The van der Waals surface area contributed by atoms with E-state index >= 15 is 0 Å². The molecule has 2 aliphatic rings. The summed E-state index contributed by atoms with van der Waals surface area (Å²) in [4.78, 5) is 26.0. The number of aromatic nitrogens is 4. The van der Waals surface area contributed by atoms with E-state index in [1.165, 1.54) is 6.42 Å². The second-order valence-corrected chi connectivity index (χ2v) is 8.77. The summed E-state index contributed by atoms with van der Waals surface area (Å²) in [6, 6.07) is 7.59. The Bertz CT molecular complexity index is 1080. The van der Waals surface area contributed by atoms with Crippen molar-refractivity contribution in [3.05, 3.63) is 35.5 Å². The van der Waals surface area contributed by atoms with Crippen molar-refractivity contribution >= 4 is 40.3 Å². The van der Waals surface area contributed by atoms with Crippen molar-refractivity contribution in [1.82, 2.24) is 19.7 Å². The number of primary amides is 1. The molecule has 2 aliphatic heterocycles. The van der Waals surface area contributed by atoms with Gasteiger partial charge in [-0.25, -0.2) is 4.68 Å². The van der Waals surface area contributed by atoms with Crippen LogP contribution in [-0.4, -0.2) is 51.8 Å². The number of hydrogen-bond acceptors (Lipinski definition) is 6. The molecule has 0 atom stereocenters. The number of fused-ring (bicyclic) bond motifs is 1. The van der Waals surface area contributed by atoms with Crippen LogP contribution < -0.4 is 15.5 Å². The number of hydrogen-bond donors (Lipinski definition) is 1. The molecule has 2 aromatic heterocycles. The first-order valence-electron chi connectivity index (χ1n) is 10.9. The summed E-state index contributed by atoms with van der Waals surface area (Å²) in [5, 5.41) is 6.22. The minimum absolute atomic E-state index is 0.0630. The van der Waals surface area contributed by atoms with Gasteiger partial charge in [-0.05, 0) is 56.4 Å². The Morgan fingerprint density at radius 1 is 0.968 bits per heavy atom. The Kier molecular flexibility index (Phi) is 5.40. The van der Waals surface area contributed by atoms with Gasteiger partial charge in [-0.15, -0.1) is 0 Å². The van der Waals surface area contributed by atoms with E-state index in [2.05, 4.69) is 14.9 Å². The van der Waals surface area contributed by atoms with Crippen molar-refractivity contribution < 1.29 is 4.79 Å². The molecule has 1 amide bonds. The topological polar surface area (TPSA) is 93.2 Å². The second-order valence-electron chi connectivity index (χ2n) is 8.33. The molecule has 0 aliphatic carbocycles. The SMILES string of the molecule is NC(=O)C1CCN(c2nc(N3CCCCC3)nc3c2cnn3-c2ccc(Cl)cc2)CC1. The number of carbonyl (C=O) groups excluding carboxylic acids is 1. The molecule has 31 heavy (non-hydrogen) atoms. The third-order valence-corrected chi connectivity index (χ3v) is 6.56. The molecule has 2 saturated heterocycles. The molecule has 162 valence electrons. The van der Waals surface area contributed by atoms with Gasteiger partial charge < -0.3 is 15.5 Å². The number of benzene rings is 1. The molecular weight excluding hydrogens is 414 g/mol. The van der Waals surface area contributed by atoms with Crippen molar-refractivity contribution in [3.8, 4) is 5.69 Å². The summed E-state index contributed by atoms with van der Waals surface area (Å²) in [5.74, 6) is 1.35. The first-order chi connectivity index (χ1) is 15.1. The summed E-state index contributed by atoms with van der Waals surface area (Å²) in [5.41, 5.74) is 7.22. The van der Waals surface area contributed by atoms with Crippen LogP contribution in [0.5, 0.6) is 0 Å². The van der Waals surface area contributed by atoms with Crippen molar-refractivity contribution in [2.24, 2.45) is 11.7 Å². The molecule has 2 fully saturated rings. The fourth-order valence-electron chi connectivity index (χ4n) is 4.51. The van der Waals surface area contributed by atoms with Crippen LogP contribution >= 0.6 is 11.6 Å². The van der Waals surface area contributed by atoms with E-state index in [9.17, 15) is 4.79 Å². The van der Waals surface area contributed by atoms with Gasteiger partial charge in [-0.2, -0.15) is 15.1 Å². The Hall–Kier alpha value is -2.87. The van der Waals surface area contributed by atoms with E-state index in [1.807, 2.05) is 35.1 Å². The maximum absolute atomic E-state index is 11.6. The zero-order valence-electron chi connectivity index (χ0n) is 17.4. The number of piperidine rings is 2. The third-order valence-electron chi connectivity index (χ3n) is 6.30. The highest BCUT2D eigenvalue weighted by Gasteiger charge is 2.27. The van der Waals surface area contributed by atoms with Gasteiger partial charge >= 0.3 is 0 Å². The van der Waals surface area contributed by atoms with Crippen LogP contribution in [0.25, 0.3) is 16.7 Å². The van der Waals surface area contributed by atoms with Crippen LogP contribution in [0.1, 0.15) is 32.1 Å². The van der Waals surface area contributed by atoms with E-state index in [0.717, 1.165) is 80.3 Å². The van der Waals surface area contributed by atoms with E-state index in [0.29, 0.717) is 5.02 Å². The average Bonchev–Trinajstić information content (AvgIpc) is 3.24. The number of anilines is 2. The maximum atomic E-state index is 11.6. The first kappa shape index (κ1) is 20.1. The lowest BCUT2D eigenvalue weighted by Gasteiger charge is -2.33. The summed E-state index contributed by atoms with van der Waals surface area (Å²) in [7, 11) is 0. The standard InChI is InChI=1S/C22H26ClN7O/c23-16-4-6-17(7-5-16)30-21-18(14-25-30)20(28-12-8-15(9-13-28)19(24)31)26-22(27-21)29-10-2-1-3-11-29/h4-7,14-15H,1-3,8-13H2,(H2,24,31). The van der Waals surface area contributed by atoms with Gasteiger partial charge in [-0.3, -0.25) is 4.79 Å². The Morgan fingerprint density at radius 3 is 2.35 bits per heavy atom. The number of halogens is 1. The Labute approximate surface area is 186 Å². The van der Waals surface area contributed by atoms with Crippen molar-refractivity contribution in [2.75, 3.05) is 36.0 Å². The number of carbonyl (C=O) groups is 1. The highest BCUT2D eigenvalue weighted by atomic mass is 35.5. The second kappa shape index (κ2) is 8.34. The molecule has 3 aromatic rings. The van der Waals surface area contributed by atoms with Crippen molar-refractivity contribution in [2.45, 2.75) is 32.1 Å². The number of rotatable bonds is 4. The van der Waals surface area contributed by atoms with Crippen LogP contribution in [0.2, 0.25) is 5.02 Å². The molecule has 4 heterocycles. The average molecular weight is 440 g/mol. The molecule has 0 saturated carbocycles. The molecule has 0 radical (unpaired) electrons. The van der Waals surface area contributed by atoms with E-state index < -0.39 is 0 Å². The number of nitrogens with zero attached hydrogens (tertiary/aromatic N) is 6. The van der Waals surface area contributed by atoms with Crippen LogP contribution in [0, 0.1) is 5.92 Å². The fraction of sp³-hybridized carbons (Fsp3) is 0.455. The minimum Gasteiger partial charge on any atom is -0.369 e. The molecule has 0 unspecified atom stereocenters. The van der Waals surface area contributed by atoms with Gasteiger partial charge in [-0.1, -0.05) is 11.6 Å². The molecule has 0 bridgehead atoms. The normalized spacial score (nSPS) is 18.0. The fourth-order valence-corrected chi connectivity index (χ4v) is 4.63. The van der Waals surface area contributed by atoms with Crippen molar-refractivity contribution in [1.29, 1.82) is 0 Å². The summed E-state index contributed by atoms with van der Waals surface area (Å²) >= 11 is 6.08. The van der Waals surface area contributed by atoms with Gasteiger partial charge in [0.05, 0.1) is 17.3 Å². The molecule has 8 nitrogen and oxygen atoms in total. The van der Waals surface area contributed by atoms with Gasteiger partial charge in [0.25, 0.3) is 0 Å². The summed E-state index contributed by atoms with van der Waals surface area (Å²) in [6.07, 6.45) is 6.86. The maximum Gasteiger partial charge on any atom is 0.229 e. The molecule has 2 N–H and O–H groups in total. The van der Waals surface area contributed by atoms with E-state index in [-0.39, 0.29) is 11.8 Å². The minimum atomic E-state index is -0.211. The van der Waals surface area contributed by atoms with Crippen molar-refractivity contribution in [3.63, 3.8) is 0 Å². The Balaban J connectivity index is 1.58. The monoisotopic (exact) mass is 439 g/mol. The van der Waals surface area contributed by atoms with Gasteiger partial charge in [0.15, 0.2) is 5.65 Å². The highest BCUT2D eigenvalue weighted by molar-refractivity contribution is 6.30. The predicted octanol–water partition coefficient (Wildman–Crippen LogP) is 3.16. The first-order valence-corrected chi connectivity index (χ1v) is 11.3. The molecule has 9 heteroatoms. The lowest BCUT2D eigenvalue weighted by molar-refractivity contribution is -0.122. The van der Waals surface area contributed by atoms with Gasteiger partial charge in [0.1, 0.15) is 5.82 Å². The Morgan fingerprint density at radius 2 is 1.68 bits per heavy atom. The molecular formula is C22H26ClN7O. The van der Waals surface area contributed by atoms with Gasteiger partial charge in [0, 0.05) is 37.1 Å². The lowest BCUT2D eigenvalue weighted by atomic mass is 9.96. The quantitative estimate of drug-likeness (QED) is 0.671. The highest BCUT2D eigenvalue weighted by Crippen LogP contribution is 2.32. The van der Waals surface area contributed by atoms with E-state index in [4.69, 9.17) is 27.3 Å². The molecule has 5 rings (SSSR count). The zero-order chi connectivity index (χ0) is 21.4. The third kappa shape index (κ3) is 3.92. The van der Waals surface area contributed by atoms with Crippen LogP contribution in [0.3, 0.4) is 0 Å². The zero-order valence-corrected chi connectivity index (χ0v) is 18.1. The largest absolute Gasteiger partial charge is 0.369 e. The van der Waals surface area contributed by atoms with Crippen LogP contribution in [0.4, 0.5) is 11.8 Å². The lowest BCUT2D eigenvalue weighted by Crippen LogP contribution is -2.39. The smallest absolute Gasteiger partial charge is 0.229 e. The molecule has 0 spiro atoms. The number of amides is 1. The summed E-state index contributed by atoms with van der Waals surface area (Å²) in [6.45, 7) is 3.41. The predicted molar refractivity (Wildman–Crippen MR) is 122 cm³/mol. The van der Waals surface area contributed by atoms with E-state index in [1.54, 1.807) is 0 Å².